The minimum Gasteiger partial charge on any atom is -0.489 e. The van der Waals surface area contributed by atoms with Crippen LogP contribution < -0.4 is 15.4 Å². The van der Waals surface area contributed by atoms with Crippen molar-refractivity contribution < 1.29 is 9.53 Å². The maximum Gasteiger partial charge on any atom is 0.247 e. The van der Waals surface area contributed by atoms with Crippen LogP contribution in [0, 0.1) is 11.3 Å². The van der Waals surface area contributed by atoms with Crippen LogP contribution in [0.15, 0.2) is 72.9 Å². The quantitative estimate of drug-likeness (QED) is 0.493. The predicted octanol–water partition coefficient (Wildman–Crippen LogP) is 3.94. The highest BCUT2D eigenvalue weighted by atomic mass is 16.5. The number of amides is 1. The standard InChI is InChI=1S/C28H31N5O2/c1-33-17-14-24(15-18-33)35-25-11-12-26(31-20-25)32-28(34)27(23-5-3-2-4-6-23)30-16-13-21-7-9-22(19-29)10-8-21/h2-12,20,24,27,30H,13-18H2,1H3,(H,31,32,34)/t27-/m0/s1. The number of aromatic nitrogens is 1. The van der Waals surface area contributed by atoms with E-state index in [4.69, 9.17) is 10.00 Å². The van der Waals surface area contributed by atoms with Crippen molar-refractivity contribution in [3.63, 3.8) is 0 Å². The number of nitrogens with one attached hydrogen (secondary N) is 2. The highest BCUT2D eigenvalue weighted by molar-refractivity contribution is 5.94. The van der Waals surface area contributed by atoms with Crippen LogP contribution in [0.1, 0.15) is 35.6 Å². The van der Waals surface area contributed by atoms with Crippen molar-refractivity contribution in [1.29, 1.82) is 5.26 Å². The zero-order valence-electron chi connectivity index (χ0n) is 20.0. The molecule has 1 aliphatic rings. The van der Waals surface area contributed by atoms with E-state index in [0.29, 0.717) is 17.9 Å². The number of pyridine rings is 1. The van der Waals surface area contributed by atoms with E-state index in [1.54, 1.807) is 12.3 Å². The Labute approximate surface area is 206 Å². The number of piperidine rings is 1. The van der Waals surface area contributed by atoms with Crippen LogP contribution in [0.25, 0.3) is 0 Å². The number of likely N-dealkylation sites (tertiary alicyclic amines) is 1. The topological polar surface area (TPSA) is 90.3 Å². The minimum absolute atomic E-state index is 0.174. The van der Waals surface area contributed by atoms with Gasteiger partial charge in [0.2, 0.25) is 5.91 Å². The average molecular weight is 470 g/mol. The summed E-state index contributed by atoms with van der Waals surface area (Å²) in [7, 11) is 2.12. The molecule has 3 aromatic rings. The van der Waals surface area contributed by atoms with Crippen LogP contribution in [0.3, 0.4) is 0 Å². The highest BCUT2D eigenvalue weighted by Gasteiger charge is 2.21. The van der Waals surface area contributed by atoms with E-state index in [9.17, 15) is 4.79 Å². The summed E-state index contributed by atoms with van der Waals surface area (Å²) in [6.07, 6.45) is 4.62. The van der Waals surface area contributed by atoms with Crippen molar-refractivity contribution >= 4 is 11.7 Å². The SMILES string of the molecule is CN1CCC(Oc2ccc(NC(=O)[C@@H](NCCc3ccc(C#N)cc3)c3ccccc3)nc2)CC1. The molecule has 2 aromatic carbocycles. The molecule has 0 spiro atoms. The van der Waals surface area contributed by atoms with Gasteiger partial charge < -0.3 is 20.3 Å². The molecule has 0 unspecified atom stereocenters. The molecule has 1 saturated heterocycles. The van der Waals surface area contributed by atoms with Crippen LogP contribution in [0.5, 0.6) is 5.75 Å². The first-order valence-corrected chi connectivity index (χ1v) is 12.0. The summed E-state index contributed by atoms with van der Waals surface area (Å²) < 4.78 is 6.06. The summed E-state index contributed by atoms with van der Waals surface area (Å²) in [6.45, 7) is 2.67. The molecule has 1 aliphatic heterocycles. The summed E-state index contributed by atoms with van der Waals surface area (Å²) in [5.41, 5.74) is 2.62. The summed E-state index contributed by atoms with van der Waals surface area (Å²) in [5.74, 6) is 1.03. The third kappa shape index (κ3) is 7.12. The second kappa shape index (κ2) is 12.1. The Balaban J connectivity index is 1.35. The lowest BCUT2D eigenvalue weighted by molar-refractivity contribution is -0.118. The molecule has 0 radical (unpaired) electrons. The van der Waals surface area contributed by atoms with Crippen molar-refractivity contribution in [2.24, 2.45) is 0 Å². The average Bonchev–Trinajstić information content (AvgIpc) is 2.90. The molecule has 7 heteroatoms. The van der Waals surface area contributed by atoms with E-state index >= 15 is 0 Å². The number of rotatable bonds is 9. The smallest absolute Gasteiger partial charge is 0.247 e. The van der Waals surface area contributed by atoms with Gasteiger partial charge in [-0.3, -0.25) is 4.79 Å². The van der Waals surface area contributed by atoms with Gasteiger partial charge in [0.25, 0.3) is 0 Å². The number of hydrogen-bond donors (Lipinski definition) is 2. The number of hydrogen-bond acceptors (Lipinski definition) is 6. The Morgan fingerprint density at radius 3 is 2.51 bits per heavy atom. The van der Waals surface area contributed by atoms with Gasteiger partial charge in [0.05, 0.1) is 17.8 Å². The number of carbonyl (C=O) groups is 1. The third-order valence-corrected chi connectivity index (χ3v) is 6.20. The summed E-state index contributed by atoms with van der Waals surface area (Å²) in [4.78, 5) is 19.9. The predicted molar refractivity (Wildman–Crippen MR) is 136 cm³/mol. The normalized spacial score (nSPS) is 15.2. The fraction of sp³-hybridized carbons (Fsp3) is 0.321. The zero-order chi connectivity index (χ0) is 24.5. The molecular formula is C28H31N5O2. The zero-order valence-corrected chi connectivity index (χ0v) is 20.0. The monoisotopic (exact) mass is 469 g/mol. The number of nitrogens with zero attached hydrogens (tertiary/aromatic N) is 3. The lowest BCUT2D eigenvalue weighted by Gasteiger charge is -2.29. The first-order valence-electron chi connectivity index (χ1n) is 12.0. The molecule has 1 atom stereocenters. The molecule has 0 saturated carbocycles. The Morgan fingerprint density at radius 2 is 1.86 bits per heavy atom. The molecular weight excluding hydrogens is 438 g/mol. The van der Waals surface area contributed by atoms with Crippen LogP contribution >= 0.6 is 0 Å². The molecule has 0 bridgehead atoms. The Hall–Kier alpha value is -3.73. The summed E-state index contributed by atoms with van der Waals surface area (Å²) >= 11 is 0. The van der Waals surface area contributed by atoms with E-state index in [2.05, 4.69) is 33.6 Å². The Bertz CT molecular complexity index is 1120. The van der Waals surface area contributed by atoms with E-state index in [1.807, 2.05) is 60.7 Å². The largest absolute Gasteiger partial charge is 0.489 e. The first-order chi connectivity index (χ1) is 17.1. The Morgan fingerprint density at radius 1 is 1.11 bits per heavy atom. The molecule has 1 amide bonds. The van der Waals surface area contributed by atoms with Crippen molar-refractivity contribution in [1.82, 2.24) is 15.2 Å². The van der Waals surface area contributed by atoms with Gasteiger partial charge >= 0.3 is 0 Å². The molecule has 7 nitrogen and oxygen atoms in total. The molecule has 1 fully saturated rings. The van der Waals surface area contributed by atoms with Crippen LogP contribution in [-0.2, 0) is 11.2 Å². The number of anilines is 1. The van der Waals surface area contributed by atoms with E-state index in [0.717, 1.165) is 49.2 Å². The lowest BCUT2D eigenvalue weighted by Crippen LogP contribution is -2.35. The third-order valence-electron chi connectivity index (χ3n) is 6.20. The fourth-order valence-corrected chi connectivity index (χ4v) is 4.13. The van der Waals surface area contributed by atoms with Crippen molar-refractivity contribution in [3.8, 4) is 11.8 Å². The van der Waals surface area contributed by atoms with E-state index < -0.39 is 6.04 Å². The van der Waals surface area contributed by atoms with Gasteiger partial charge in [-0.05, 0) is 61.7 Å². The van der Waals surface area contributed by atoms with Crippen LogP contribution in [0.4, 0.5) is 5.82 Å². The maximum absolute atomic E-state index is 13.2. The summed E-state index contributed by atoms with van der Waals surface area (Å²) in [6, 6.07) is 22.4. The highest BCUT2D eigenvalue weighted by Crippen LogP contribution is 2.20. The van der Waals surface area contributed by atoms with Crippen LogP contribution in [-0.4, -0.2) is 48.6 Å². The number of carbonyl (C=O) groups excluding carboxylic acids is 1. The van der Waals surface area contributed by atoms with Crippen molar-refractivity contribution in [3.05, 3.63) is 89.6 Å². The van der Waals surface area contributed by atoms with Gasteiger partial charge in [0.15, 0.2) is 0 Å². The van der Waals surface area contributed by atoms with E-state index in [1.165, 1.54) is 0 Å². The molecule has 4 rings (SSSR count). The minimum atomic E-state index is -0.522. The second-order valence-electron chi connectivity index (χ2n) is 8.85. The van der Waals surface area contributed by atoms with Gasteiger partial charge in [-0.1, -0.05) is 42.5 Å². The molecule has 35 heavy (non-hydrogen) atoms. The van der Waals surface area contributed by atoms with Gasteiger partial charge in [0, 0.05) is 19.6 Å². The molecule has 0 aliphatic carbocycles. The number of benzene rings is 2. The Kier molecular flexibility index (Phi) is 8.44. The molecule has 2 heterocycles. The lowest BCUT2D eigenvalue weighted by atomic mass is 10.1. The van der Waals surface area contributed by atoms with Gasteiger partial charge in [-0.15, -0.1) is 0 Å². The first kappa shape index (κ1) is 24.4. The number of ether oxygens (including phenoxy) is 1. The van der Waals surface area contributed by atoms with Crippen LogP contribution in [0.2, 0.25) is 0 Å². The molecule has 2 N–H and O–H groups in total. The van der Waals surface area contributed by atoms with Crippen molar-refractivity contribution in [2.75, 3.05) is 32.0 Å². The summed E-state index contributed by atoms with van der Waals surface area (Å²) in [5, 5.41) is 15.3. The molecule has 180 valence electrons. The van der Waals surface area contributed by atoms with Gasteiger partial charge in [0.1, 0.15) is 23.7 Å². The number of nitriles is 1. The molecule has 1 aromatic heterocycles. The van der Waals surface area contributed by atoms with Crippen molar-refractivity contribution in [2.45, 2.75) is 31.4 Å². The van der Waals surface area contributed by atoms with Gasteiger partial charge in [-0.2, -0.15) is 5.26 Å². The maximum atomic E-state index is 13.2. The fourth-order valence-electron chi connectivity index (χ4n) is 4.13. The second-order valence-corrected chi connectivity index (χ2v) is 8.85. The van der Waals surface area contributed by atoms with Gasteiger partial charge in [-0.25, -0.2) is 4.98 Å². The van der Waals surface area contributed by atoms with E-state index in [-0.39, 0.29) is 12.0 Å².